The SMILES string of the molecule is CCOC(=O)/C(=C\C(=O)O)CC.O=C(O)C=CC(=O)O. The van der Waals surface area contributed by atoms with Crippen molar-refractivity contribution in [2.24, 2.45) is 0 Å². The van der Waals surface area contributed by atoms with Gasteiger partial charge in [-0.2, -0.15) is 0 Å². The maximum absolute atomic E-state index is 11.0. The van der Waals surface area contributed by atoms with Crippen LogP contribution in [0.1, 0.15) is 20.3 Å². The van der Waals surface area contributed by atoms with Crippen molar-refractivity contribution in [1.29, 1.82) is 0 Å². The summed E-state index contributed by atoms with van der Waals surface area (Å²) in [7, 11) is 0. The Hall–Kier alpha value is -2.64. The zero-order valence-electron chi connectivity index (χ0n) is 11.0. The average Bonchev–Trinajstić information content (AvgIpc) is 2.34. The molecule has 8 nitrogen and oxygen atoms in total. The Morgan fingerprint density at radius 3 is 1.60 bits per heavy atom. The smallest absolute Gasteiger partial charge is 0.334 e. The topological polar surface area (TPSA) is 138 Å². The molecule has 8 heteroatoms. The molecule has 20 heavy (non-hydrogen) atoms. The molecule has 0 aliphatic rings. The summed E-state index contributed by atoms with van der Waals surface area (Å²) in [6, 6.07) is 0. The summed E-state index contributed by atoms with van der Waals surface area (Å²) in [5.74, 6) is -4.19. The Labute approximate surface area is 115 Å². The lowest BCUT2D eigenvalue weighted by atomic mass is 10.2. The molecular weight excluding hydrogens is 272 g/mol. The largest absolute Gasteiger partial charge is 0.478 e. The fraction of sp³-hybridized carbons (Fsp3) is 0.333. The average molecular weight is 288 g/mol. The van der Waals surface area contributed by atoms with Gasteiger partial charge in [-0.3, -0.25) is 0 Å². The highest BCUT2D eigenvalue weighted by Gasteiger charge is 2.09. The Morgan fingerprint density at radius 1 is 0.900 bits per heavy atom. The highest BCUT2D eigenvalue weighted by molar-refractivity contribution is 5.95. The van der Waals surface area contributed by atoms with Gasteiger partial charge in [0, 0.05) is 23.8 Å². The van der Waals surface area contributed by atoms with Crippen LogP contribution >= 0.6 is 0 Å². The monoisotopic (exact) mass is 288 g/mol. The van der Waals surface area contributed by atoms with Crippen molar-refractivity contribution >= 4 is 23.9 Å². The lowest BCUT2D eigenvalue weighted by Crippen LogP contribution is -2.08. The molecule has 0 radical (unpaired) electrons. The minimum Gasteiger partial charge on any atom is -0.478 e. The van der Waals surface area contributed by atoms with Gasteiger partial charge in [0.05, 0.1) is 6.61 Å². The molecule has 0 aliphatic carbocycles. The van der Waals surface area contributed by atoms with Gasteiger partial charge in [0.1, 0.15) is 0 Å². The Bertz CT molecular complexity index is 403. The third kappa shape index (κ3) is 13.4. The first kappa shape index (κ1) is 19.7. The molecular formula is C12H16O8. The summed E-state index contributed by atoms with van der Waals surface area (Å²) in [6.45, 7) is 3.63. The Kier molecular flexibility index (Phi) is 11.3. The number of carboxylic acids is 3. The van der Waals surface area contributed by atoms with E-state index >= 15 is 0 Å². The number of hydrogen-bond donors (Lipinski definition) is 3. The number of ether oxygens (including phenoxy) is 1. The van der Waals surface area contributed by atoms with E-state index in [0.29, 0.717) is 18.6 Å². The van der Waals surface area contributed by atoms with E-state index in [2.05, 4.69) is 4.74 Å². The molecule has 0 aromatic carbocycles. The van der Waals surface area contributed by atoms with Crippen LogP contribution in [0, 0.1) is 0 Å². The molecule has 0 spiro atoms. The molecule has 0 heterocycles. The number of carboxylic acid groups (broad SMARTS) is 3. The van der Waals surface area contributed by atoms with Crippen molar-refractivity contribution in [2.75, 3.05) is 6.61 Å². The van der Waals surface area contributed by atoms with Crippen LogP contribution in [-0.2, 0) is 23.9 Å². The third-order valence-electron chi connectivity index (χ3n) is 1.58. The second-order valence-corrected chi connectivity index (χ2v) is 3.09. The van der Waals surface area contributed by atoms with Crippen molar-refractivity contribution in [3.63, 3.8) is 0 Å². The van der Waals surface area contributed by atoms with Crippen molar-refractivity contribution in [3.05, 3.63) is 23.8 Å². The first-order valence-electron chi connectivity index (χ1n) is 5.49. The van der Waals surface area contributed by atoms with E-state index in [0.717, 1.165) is 6.08 Å². The number of hydrogen-bond acceptors (Lipinski definition) is 5. The molecule has 0 saturated heterocycles. The molecule has 0 bridgehead atoms. The Balaban J connectivity index is 0. The van der Waals surface area contributed by atoms with Gasteiger partial charge >= 0.3 is 23.9 Å². The number of carbonyl (C=O) groups excluding carboxylic acids is 1. The van der Waals surface area contributed by atoms with Gasteiger partial charge in [-0.1, -0.05) is 6.92 Å². The highest BCUT2D eigenvalue weighted by Crippen LogP contribution is 2.02. The summed E-state index contributed by atoms with van der Waals surface area (Å²) in [5.41, 5.74) is 0.185. The van der Waals surface area contributed by atoms with E-state index < -0.39 is 23.9 Å². The van der Waals surface area contributed by atoms with Crippen LogP contribution in [0.15, 0.2) is 23.8 Å². The van der Waals surface area contributed by atoms with Gasteiger partial charge < -0.3 is 20.1 Å². The molecule has 0 saturated carbocycles. The summed E-state index contributed by atoms with van der Waals surface area (Å²) < 4.78 is 4.63. The molecule has 3 N–H and O–H groups in total. The molecule has 0 rings (SSSR count). The van der Waals surface area contributed by atoms with Gasteiger partial charge in [0.25, 0.3) is 0 Å². The van der Waals surface area contributed by atoms with Gasteiger partial charge in [0.15, 0.2) is 0 Å². The molecule has 0 atom stereocenters. The second-order valence-electron chi connectivity index (χ2n) is 3.09. The first-order chi connectivity index (χ1) is 9.24. The molecule has 0 aliphatic heterocycles. The van der Waals surface area contributed by atoms with E-state index in [1.54, 1.807) is 13.8 Å². The van der Waals surface area contributed by atoms with Gasteiger partial charge in [0.2, 0.25) is 0 Å². The molecule has 0 fully saturated rings. The maximum Gasteiger partial charge on any atom is 0.334 e. The van der Waals surface area contributed by atoms with Crippen molar-refractivity contribution < 1.29 is 39.2 Å². The molecule has 0 amide bonds. The fourth-order valence-electron chi connectivity index (χ4n) is 0.821. The van der Waals surface area contributed by atoms with E-state index in [4.69, 9.17) is 15.3 Å². The molecule has 0 unspecified atom stereocenters. The van der Waals surface area contributed by atoms with E-state index in [-0.39, 0.29) is 12.2 Å². The number of rotatable bonds is 6. The fourth-order valence-corrected chi connectivity index (χ4v) is 0.821. The molecule has 0 aromatic heterocycles. The minimum absolute atomic E-state index is 0.185. The standard InChI is InChI=1S/C8H12O4.C4H4O4/c1-3-6(5-7(9)10)8(11)12-4-2;5-3(6)1-2-4(7)8/h5H,3-4H2,1-2H3,(H,9,10);1-2H,(H,5,6)(H,7,8)/b6-5-;. The van der Waals surface area contributed by atoms with Gasteiger partial charge in [-0.05, 0) is 13.3 Å². The third-order valence-corrected chi connectivity index (χ3v) is 1.58. The minimum atomic E-state index is -1.26. The van der Waals surface area contributed by atoms with Crippen LogP contribution in [0.5, 0.6) is 0 Å². The normalized spacial score (nSPS) is 10.4. The lowest BCUT2D eigenvalue weighted by molar-refractivity contribution is -0.139. The van der Waals surface area contributed by atoms with E-state index in [9.17, 15) is 19.2 Å². The second kappa shape index (κ2) is 11.5. The number of aliphatic carboxylic acids is 3. The maximum atomic E-state index is 11.0. The molecule has 112 valence electrons. The van der Waals surface area contributed by atoms with Crippen LogP contribution in [-0.4, -0.2) is 45.8 Å². The van der Waals surface area contributed by atoms with E-state index in [1.807, 2.05) is 0 Å². The van der Waals surface area contributed by atoms with Gasteiger partial charge in [-0.15, -0.1) is 0 Å². The lowest BCUT2D eigenvalue weighted by Gasteiger charge is -2.01. The quantitative estimate of drug-likeness (QED) is 0.479. The summed E-state index contributed by atoms with van der Waals surface area (Å²) in [6.07, 6.45) is 2.35. The summed E-state index contributed by atoms with van der Waals surface area (Å²) >= 11 is 0. The van der Waals surface area contributed by atoms with Crippen LogP contribution in [0.3, 0.4) is 0 Å². The van der Waals surface area contributed by atoms with Crippen LogP contribution in [0.4, 0.5) is 0 Å². The summed E-state index contributed by atoms with van der Waals surface area (Å²) in [5, 5.41) is 24.0. The van der Waals surface area contributed by atoms with Gasteiger partial charge in [-0.25, -0.2) is 19.2 Å². The first-order valence-corrected chi connectivity index (χ1v) is 5.49. The van der Waals surface area contributed by atoms with E-state index in [1.165, 1.54) is 0 Å². The van der Waals surface area contributed by atoms with Crippen molar-refractivity contribution in [1.82, 2.24) is 0 Å². The predicted octanol–water partition coefficient (Wildman–Crippen LogP) is 0.682. The van der Waals surface area contributed by atoms with Crippen molar-refractivity contribution in [3.8, 4) is 0 Å². The van der Waals surface area contributed by atoms with Crippen LogP contribution < -0.4 is 0 Å². The van der Waals surface area contributed by atoms with Crippen LogP contribution in [0.25, 0.3) is 0 Å². The predicted molar refractivity (Wildman–Crippen MR) is 67.1 cm³/mol. The summed E-state index contributed by atoms with van der Waals surface area (Å²) in [4.78, 5) is 40.3. The number of carbonyl (C=O) groups is 4. The Morgan fingerprint density at radius 2 is 1.35 bits per heavy atom. The zero-order valence-corrected chi connectivity index (χ0v) is 11.0. The van der Waals surface area contributed by atoms with Crippen LogP contribution in [0.2, 0.25) is 0 Å². The number of esters is 1. The van der Waals surface area contributed by atoms with Crippen molar-refractivity contribution in [2.45, 2.75) is 20.3 Å². The zero-order chi connectivity index (χ0) is 16.1. The highest BCUT2D eigenvalue weighted by atomic mass is 16.5. The molecule has 0 aromatic rings.